The second-order valence-electron chi connectivity index (χ2n) is 6.57. The van der Waals surface area contributed by atoms with Gasteiger partial charge in [0.15, 0.2) is 0 Å². The van der Waals surface area contributed by atoms with Crippen LogP contribution in [0.4, 0.5) is 0 Å². The van der Waals surface area contributed by atoms with Gasteiger partial charge in [0, 0.05) is 17.0 Å². The zero-order valence-electron chi connectivity index (χ0n) is 12.9. The van der Waals surface area contributed by atoms with Crippen molar-refractivity contribution in [3.8, 4) is 5.75 Å². The van der Waals surface area contributed by atoms with Crippen LogP contribution in [0.25, 0.3) is 0 Å². The Labute approximate surface area is 131 Å². The first kappa shape index (κ1) is 15.2. The maximum absolute atomic E-state index is 11.0. The van der Waals surface area contributed by atoms with Crippen LogP contribution in [0.1, 0.15) is 31.2 Å². The van der Waals surface area contributed by atoms with Crippen LogP contribution >= 0.6 is 11.8 Å². The van der Waals surface area contributed by atoms with Crippen molar-refractivity contribution in [3.05, 3.63) is 29.8 Å². The molecule has 0 radical (unpaired) electrons. The molecule has 0 saturated carbocycles. The second kappa shape index (κ2) is 6.19. The van der Waals surface area contributed by atoms with E-state index in [0.29, 0.717) is 17.1 Å². The van der Waals surface area contributed by atoms with Crippen LogP contribution in [0.15, 0.2) is 24.3 Å². The van der Waals surface area contributed by atoms with E-state index < -0.39 is 5.60 Å². The van der Waals surface area contributed by atoms with Gasteiger partial charge in [-0.3, -0.25) is 0 Å². The molecule has 4 heteroatoms. The summed E-state index contributed by atoms with van der Waals surface area (Å²) in [5, 5.41) is 12.3. The molecule has 1 N–H and O–H groups in total. The van der Waals surface area contributed by atoms with E-state index in [1.807, 2.05) is 38.4 Å². The van der Waals surface area contributed by atoms with E-state index in [-0.39, 0.29) is 0 Å². The monoisotopic (exact) mass is 307 g/mol. The highest BCUT2D eigenvalue weighted by atomic mass is 32.2. The minimum absolute atomic E-state index is 0.626. The largest absolute Gasteiger partial charge is 0.492 e. The molecule has 2 bridgehead atoms. The van der Waals surface area contributed by atoms with Gasteiger partial charge >= 0.3 is 0 Å². The second-order valence-corrected chi connectivity index (χ2v) is 8.18. The summed E-state index contributed by atoms with van der Waals surface area (Å²) < 4.78 is 5.72. The van der Waals surface area contributed by atoms with E-state index in [1.54, 1.807) is 0 Å². The van der Waals surface area contributed by atoms with Crippen molar-refractivity contribution in [2.45, 2.75) is 41.8 Å². The molecule has 1 aromatic rings. The summed E-state index contributed by atoms with van der Waals surface area (Å²) in [6.45, 7) is 1.60. The molecule has 2 aliphatic rings. The van der Waals surface area contributed by atoms with Gasteiger partial charge in [-0.05, 0) is 57.5 Å². The fourth-order valence-electron chi connectivity index (χ4n) is 3.36. The highest BCUT2D eigenvalue weighted by Crippen LogP contribution is 2.51. The minimum atomic E-state index is -0.626. The first-order chi connectivity index (χ1) is 10.0. The fraction of sp³-hybridized carbons (Fsp3) is 0.647. The number of benzene rings is 1. The molecule has 0 aromatic heterocycles. The fourth-order valence-corrected chi connectivity index (χ4v) is 5.19. The van der Waals surface area contributed by atoms with Gasteiger partial charge < -0.3 is 14.7 Å². The molecule has 2 saturated heterocycles. The van der Waals surface area contributed by atoms with E-state index in [4.69, 9.17) is 4.74 Å². The lowest BCUT2D eigenvalue weighted by molar-refractivity contribution is 0.0196. The smallest absolute Gasteiger partial charge is 0.119 e. The normalized spacial score (nSPS) is 31.6. The third-order valence-electron chi connectivity index (χ3n) is 4.53. The summed E-state index contributed by atoms with van der Waals surface area (Å²) in [5.74, 6) is 0.886. The third kappa shape index (κ3) is 3.55. The average Bonchev–Trinajstić information content (AvgIpc) is 2.79. The maximum atomic E-state index is 11.0. The van der Waals surface area contributed by atoms with Crippen molar-refractivity contribution in [1.29, 1.82) is 0 Å². The predicted molar refractivity (Wildman–Crippen MR) is 88.0 cm³/mol. The molecule has 2 fully saturated rings. The molecule has 0 spiro atoms. The zero-order valence-corrected chi connectivity index (χ0v) is 13.7. The van der Waals surface area contributed by atoms with Crippen LogP contribution in [0.2, 0.25) is 0 Å². The van der Waals surface area contributed by atoms with E-state index >= 15 is 0 Å². The molecule has 3 rings (SSSR count). The molecule has 1 aromatic carbocycles. The summed E-state index contributed by atoms with van der Waals surface area (Å²) in [6.07, 6.45) is 4.33. The van der Waals surface area contributed by atoms with Gasteiger partial charge in [0.2, 0.25) is 0 Å². The molecule has 116 valence electrons. The van der Waals surface area contributed by atoms with E-state index in [1.165, 1.54) is 12.8 Å². The molecule has 2 aliphatic heterocycles. The first-order valence-electron chi connectivity index (χ1n) is 7.81. The number of aliphatic hydroxyl groups is 1. The molecule has 21 heavy (non-hydrogen) atoms. The van der Waals surface area contributed by atoms with Crippen molar-refractivity contribution < 1.29 is 9.84 Å². The Hall–Kier alpha value is -0.710. The van der Waals surface area contributed by atoms with Gasteiger partial charge in [-0.2, -0.15) is 11.8 Å². The molecule has 3 nitrogen and oxygen atoms in total. The Morgan fingerprint density at radius 3 is 2.38 bits per heavy atom. The highest BCUT2D eigenvalue weighted by molar-refractivity contribution is 8.00. The quantitative estimate of drug-likeness (QED) is 0.907. The van der Waals surface area contributed by atoms with Crippen molar-refractivity contribution in [1.82, 2.24) is 4.90 Å². The molecule has 2 atom stereocenters. The zero-order chi connectivity index (χ0) is 14.9. The van der Waals surface area contributed by atoms with Gasteiger partial charge in [-0.25, -0.2) is 0 Å². The van der Waals surface area contributed by atoms with Crippen molar-refractivity contribution in [3.63, 3.8) is 0 Å². The number of rotatable bonds is 5. The van der Waals surface area contributed by atoms with Gasteiger partial charge in [-0.15, -0.1) is 0 Å². The lowest BCUT2D eigenvalue weighted by atomic mass is 9.86. The van der Waals surface area contributed by atoms with Crippen molar-refractivity contribution >= 4 is 11.8 Å². The lowest BCUT2D eigenvalue weighted by Crippen LogP contribution is -2.34. The molecular weight excluding hydrogens is 282 g/mol. The molecule has 0 aliphatic carbocycles. The summed E-state index contributed by atoms with van der Waals surface area (Å²) in [7, 11) is 4.08. The van der Waals surface area contributed by atoms with Gasteiger partial charge in [0.05, 0.1) is 5.60 Å². The Kier molecular flexibility index (Phi) is 4.48. The van der Waals surface area contributed by atoms with Crippen LogP contribution < -0.4 is 4.74 Å². The van der Waals surface area contributed by atoms with Crippen LogP contribution in [-0.2, 0) is 5.60 Å². The van der Waals surface area contributed by atoms with Crippen molar-refractivity contribution in [2.24, 2.45) is 0 Å². The average molecular weight is 307 g/mol. The van der Waals surface area contributed by atoms with Crippen LogP contribution in [0, 0.1) is 0 Å². The van der Waals surface area contributed by atoms with E-state index in [0.717, 1.165) is 30.7 Å². The maximum Gasteiger partial charge on any atom is 0.119 e. The number of hydrogen-bond acceptors (Lipinski definition) is 4. The molecule has 2 heterocycles. The van der Waals surface area contributed by atoms with Crippen molar-refractivity contribution in [2.75, 3.05) is 27.2 Å². The summed E-state index contributed by atoms with van der Waals surface area (Å²) in [5.41, 5.74) is 0.429. The Morgan fingerprint density at radius 2 is 1.81 bits per heavy atom. The van der Waals surface area contributed by atoms with Gasteiger partial charge in [0.1, 0.15) is 12.4 Å². The number of likely N-dealkylation sites (N-methyl/N-ethyl adjacent to an activating group) is 1. The van der Waals surface area contributed by atoms with Gasteiger partial charge in [0.25, 0.3) is 0 Å². The molecule has 2 unspecified atom stereocenters. The van der Waals surface area contributed by atoms with Crippen LogP contribution in [-0.4, -0.2) is 47.8 Å². The number of ether oxygens (including phenoxy) is 1. The van der Waals surface area contributed by atoms with E-state index in [9.17, 15) is 5.11 Å². The number of hydrogen-bond donors (Lipinski definition) is 1. The topological polar surface area (TPSA) is 32.7 Å². The lowest BCUT2D eigenvalue weighted by Gasteiger charge is -2.36. The number of fused-ring (bicyclic) bond motifs is 2. The Morgan fingerprint density at radius 1 is 1.19 bits per heavy atom. The summed E-state index contributed by atoms with van der Waals surface area (Å²) in [4.78, 5) is 2.10. The molecule has 0 amide bonds. The summed E-state index contributed by atoms with van der Waals surface area (Å²) >= 11 is 2.08. The predicted octanol–water partition coefficient (Wildman–Crippen LogP) is 2.87. The standard InChI is InChI=1S/C17H25NO2S/c1-18(2)9-10-20-14-5-3-13(4-6-14)17(19)11-15-7-8-16(12-17)21-15/h3-6,15-16,19H,7-12H2,1-2H3. The van der Waals surface area contributed by atoms with Gasteiger partial charge in [-0.1, -0.05) is 12.1 Å². The van der Waals surface area contributed by atoms with E-state index in [2.05, 4.69) is 16.7 Å². The number of nitrogens with zero attached hydrogens (tertiary/aromatic N) is 1. The third-order valence-corrected chi connectivity index (χ3v) is 6.10. The SMILES string of the molecule is CN(C)CCOc1ccc(C2(O)CC3CCC(C2)S3)cc1. The van der Waals surface area contributed by atoms with Crippen LogP contribution in [0.5, 0.6) is 5.75 Å². The number of thioether (sulfide) groups is 1. The Balaban J connectivity index is 1.63. The minimum Gasteiger partial charge on any atom is -0.492 e. The first-order valence-corrected chi connectivity index (χ1v) is 8.75. The highest BCUT2D eigenvalue weighted by Gasteiger charge is 2.44. The molecular formula is C17H25NO2S. The Bertz CT molecular complexity index is 462. The van der Waals surface area contributed by atoms with Crippen LogP contribution in [0.3, 0.4) is 0 Å². The summed E-state index contributed by atoms with van der Waals surface area (Å²) in [6, 6.07) is 8.07.